The number of hydrazine groups is 1. The van der Waals surface area contributed by atoms with Crippen LogP contribution in [0.15, 0.2) is 18.2 Å². The number of nitrogens with one attached hydrogen (secondary N) is 2. The zero-order valence-corrected chi connectivity index (χ0v) is 15.6. The summed E-state index contributed by atoms with van der Waals surface area (Å²) in [6.07, 6.45) is 8.21. The van der Waals surface area contributed by atoms with E-state index in [0.717, 1.165) is 23.3 Å². The summed E-state index contributed by atoms with van der Waals surface area (Å²) in [7, 11) is 1.58. The van der Waals surface area contributed by atoms with E-state index in [4.69, 9.17) is 4.74 Å². The minimum Gasteiger partial charge on any atom is -0.496 e. The fourth-order valence-corrected chi connectivity index (χ4v) is 6.05. The molecule has 2 amide bonds. The fourth-order valence-electron chi connectivity index (χ4n) is 6.05. The van der Waals surface area contributed by atoms with E-state index in [2.05, 4.69) is 10.9 Å². The topological polar surface area (TPSA) is 67.4 Å². The molecule has 0 aromatic heterocycles. The Morgan fingerprint density at radius 3 is 2.27 bits per heavy atom. The number of benzene rings is 1. The highest BCUT2D eigenvalue weighted by Gasteiger charge is 2.51. The molecule has 0 saturated heterocycles. The second kappa shape index (κ2) is 6.60. The number of ether oxygens (including phenoxy) is 1. The van der Waals surface area contributed by atoms with Crippen LogP contribution in [0, 0.1) is 30.1 Å². The Hall–Kier alpha value is -2.04. The molecule has 4 fully saturated rings. The van der Waals surface area contributed by atoms with Crippen molar-refractivity contribution < 1.29 is 14.3 Å². The van der Waals surface area contributed by atoms with Gasteiger partial charge in [-0.2, -0.15) is 0 Å². The molecule has 4 aliphatic carbocycles. The smallest absolute Gasteiger partial charge is 0.269 e. The number of methoxy groups -OCH3 is 1. The monoisotopic (exact) mass is 356 g/mol. The van der Waals surface area contributed by atoms with Gasteiger partial charge in [0.25, 0.3) is 5.91 Å². The lowest BCUT2D eigenvalue weighted by atomic mass is 9.49. The van der Waals surface area contributed by atoms with Gasteiger partial charge >= 0.3 is 0 Å². The minimum atomic E-state index is -0.317. The second-order valence-corrected chi connectivity index (χ2v) is 8.78. The molecule has 5 nitrogen and oxygen atoms in total. The van der Waals surface area contributed by atoms with Crippen molar-refractivity contribution in [3.63, 3.8) is 0 Å². The van der Waals surface area contributed by atoms with E-state index in [9.17, 15) is 9.59 Å². The van der Waals surface area contributed by atoms with Crippen LogP contribution in [0.2, 0.25) is 0 Å². The van der Waals surface area contributed by atoms with E-state index in [0.29, 0.717) is 17.7 Å². The molecule has 1 aromatic carbocycles. The van der Waals surface area contributed by atoms with Gasteiger partial charge in [0, 0.05) is 12.0 Å². The number of carbonyl (C=O) groups is 2. The summed E-state index contributed by atoms with van der Waals surface area (Å²) in [6.45, 7) is 1.92. The SMILES string of the molecule is COc1cc(C(=O)NNC(=O)CC23CC4CC(CC(C4)C2)C3)ccc1C. The van der Waals surface area contributed by atoms with Crippen molar-refractivity contribution in [1.29, 1.82) is 0 Å². The molecule has 5 rings (SSSR count). The van der Waals surface area contributed by atoms with Crippen LogP contribution in [0.5, 0.6) is 5.75 Å². The molecule has 2 N–H and O–H groups in total. The lowest BCUT2D eigenvalue weighted by molar-refractivity contribution is -0.130. The molecular formula is C21H28N2O3. The van der Waals surface area contributed by atoms with Gasteiger partial charge in [-0.3, -0.25) is 20.4 Å². The third-order valence-electron chi connectivity index (χ3n) is 6.69. The maximum Gasteiger partial charge on any atom is 0.269 e. The Kier molecular flexibility index (Phi) is 4.41. The molecule has 5 heteroatoms. The average molecular weight is 356 g/mol. The van der Waals surface area contributed by atoms with Crippen LogP contribution in [-0.4, -0.2) is 18.9 Å². The summed E-state index contributed by atoms with van der Waals surface area (Å²) >= 11 is 0. The van der Waals surface area contributed by atoms with Crippen LogP contribution in [0.3, 0.4) is 0 Å². The van der Waals surface area contributed by atoms with E-state index in [1.807, 2.05) is 13.0 Å². The maximum absolute atomic E-state index is 12.5. The van der Waals surface area contributed by atoms with Gasteiger partial charge < -0.3 is 4.74 Å². The molecule has 0 aliphatic heterocycles. The first-order chi connectivity index (χ1) is 12.5. The van der Waals surface area contributed by atoms with Gasteiger partial charge in [0.05, 0.1) is 7.11 Å². The zero-order valence-electron chi connectivity index (χ0n) is 15.6. The van der Waals surface area contributed by atoms with E-state index < -0.39 is 0 Å². The molecule has 0 radical (unpaired) electrons. The van der Waals surface area contributed by atoms with Crippen LogP contribution in [0.1, 0.15) is 60.9 Å². The Balaban J connectivity index is 1.33. The summed E-state index contributed by atoms with van der Waals surface area (Å²) in [5.41, 5.74) is 6.81. The minimum absolute atomic E-state index is 0.0700. The number of carbonyl (C=O) groups excluding carboxylic acids is 2. The number of hydrogen-bond donors (Lipinski definition) is 2. The average Bonchev–Trinajstić information content (AvgIpc) is 2.58. The third kappa shape index (κ3) is 3.31. The number of hydrogen-bond acceptors (Lipinski definition) is 3. The normalized spacial score (nSPS) is 31.5. The second-order valence-electron chi connectivity index (χ2n) is 8.78. The first-order valence-corrected chi connectivity index (χ1v) is 9.70. The van der Waals surface area contributed by atoms with E-state index in [-0.39, 0.29) is 17.2 Å². The summed E-state index contributed by atoms with van der Waals surface area (Å²) in [5.74, 6) is 2.75. The Morgan fingerprint density at radius 2 is 1.69 bits per heavy atom. The number of amides is 2. The standard InChI is InChI=1S/C21H28N2O3/c1-13-3-4-17(8-18(13)26-2)20(25)23-22-19(24)12-21-9-14-5-15(10-21)7-16(6-14)11-21/h3-4,8,14-16H,5-7,9-12H2,1-2H3,(H,22,24)(H,23,25). The van der Waals surface area contributed by atoms with E-state index >= 15 is 0 Å². The largest absolute Gasteiger partial charge is 0.496 e. The lowest BCUT2D eigenvalue weighted by Crippen LogP contribution is -2.50. The van der Waals surface area contributed by atoms with Crippen LogP contribution in [0.4, 0.5) is 0 Å². The summed E-state index contributed by atoms with van der Waals surface area (Å²) in [5, 5.41) is 0. The van der Waals surface area contributed by atoms with E-state index in [1.54, 1.807) is 19.2 Å². The van der Waals surface area contributed by atoms with Gasteiger partial charge in [-0.25, -0.2) is 0 Å². The molecule has 1 aromatic rings. The lowest BCUT2D eigenvalue weighted by Gasteiger charge is -2.56. The number of aryl methyl sites for hydroxylation is 1. The highest BCUT2D eigenvalue weighted by Crippen LogP contribution is 2.61. The molecule has 0 unspecified atom stereocenters. The van der Waals surface area contributed by atoms with Crippen molar-refractivity contribution in [3.05, 3.63) is 29.3 Å². The van der Waals surface area contributed by atoms with Gasteiger partial charge in [-0.1, -0.05) is 6.07 Å². The van der Waals surface area contributed by atoms with Crippen molar-refractivity contribution in [2.45, 2.75) is 51.9 Å². The van der Waals surface area contributed by atoms with Gasteiger partial charge in [-0.15, -0.1) is 0 Å². The van der Waals surface area contributed by atoms with Crippen LogP contribution >= 0.6 is 0 Å². The Labute approximate surface area is 154 Å². The van der Waals surface area contributed by atoms with Crippen molar-refractivity contribution in [2.75, 3.05) is 7.11 Å². The molecule has 140 valence electrons. The van der Waals surface area contributed by atoms with Crippen molar-refractivity contribution in [2.24, 2.45) is 23.2 Å². The molecule has 0 atom stereocenters. The highest BCUT2D eigenvalue weighted by molar-refractivity contribution is 5.95. The van der Waals surface area contributed by atoms with Gasteiger partial charge in [0.1, 0.15) is 5.75 Å². The van der Waals surface area contributed by atoms with Gasteiger partial charge in [0.15, 0.2) is 0 Å². The van der Waals surface area contributed by atoms with Crippen molar-refractivity contribution >= 4 is 11.8 Å². The molecule has 4 aliphatic rings. The predicted molar refractivity (Wildman–Crippen MR) is 98.6 cm³/mol. The Bertz CT molecular complexity index is 693. The van der Waals surface area contributed by atoms with Crippen molar-refractivity contribution in [3.8, 4) is 5.75 Å². The van der Waals surface area contributed by atoms with Crippen LogP contribution in [-0.2, 0) is 4.79 Å². The van der Waals surface area contributed by atoms with Gasteiger partial charge in [0.2, 0.25) is 5.91 Å². The van der Waals surface area contributed by atoms with Crippen molar-refractivity contribution in [1.82, 2.24) is 10.9 Å². The van der Waals surface area contributed by atoms with Gasteiger partial charge in [-0.05, 0) is 86.3 Å². The Morgan fingerprint density at radius 1 is 1.08 bits per heavy atom. The third-order valence-corrected chi connectivity index (χ3v) is 6.69. The molecular weight excluding hydrogens is 328 g/mol. The van der Waals surface area contributed by atoms with Crippen LogP contribution < -0.4 is 15.6 Å². The quantitative estimate of drug-likeness (QED) is 0.813. The molecule has 4 saturated carbocycles. The summed E-state index contributed by atoms with van der Waals surface area (Å²) < 4.78 is 5.25. The first kappa shape index (κ1) is 17.4. The first-order valence-electron chi connectivity index (χ1n) is 9.70. The summed E-state index contributed by atoms with van der Waals surface area (Å²) in [4.78, 5) is 24.8. The summed E-state index contributed by atoms with van der Waals surface area (Å²) in [6, 6.07) is 5.26. The maximum atomic E-state index is 12.5. The number of rotatable bonds is 4. The zero-order chi connectivity index (χ0) is 18.3. The van der Waals surface area contributed by atoms with Crippen LogP contribution in [0.25, 0.3) is 0 Å². The molecule has 0 heterocycles. The fraction of sp³-hybridized carbons (Fsp3) is 0.619. The molecule has 4 bridgehead atoms. The highest BCUT2D eigenvalue weighted by atomic mass is 16.5. The molecule has 0 spiro atoms. The van der Waals surface area contributed by atoms with E-state index in [1.165, 1.54) is 38.5 Å². The predicted octanol–water partition coefficient (Wildman–Crippen LogP) is 3.37. The molecule has 26 heavy (non-hydrogen) atoms.